The first-order chi connectivity index (χ1) is 12.2. The van der Waals surface area contributed by atoms with Crippen LogP contribution in [0.15, 0.2) is 54.6 Å². The van der Waals surface area contributed by atoms with Crippen LogP contribution in [0.4, 0.5) is 0 Å². The van der Waals surface area contributed by atoms with Gasteiger partial charge in [-0.05, 0) is 24.6 Å². The summed E-state index contributed by atoms with van der Waals surface area (Å²) in [4.78, 5) is 14.3. The number of benzene rings is 3. The molecular weight excluding hydrogens is 314 g/mol. The lowest BCUT2D eigenvalue weighted by Crippen LogP contribution is -2.34. The zero-order valence-corrected chi connectivity index (χ0v) is 13.9. The van der Waals surface area contributed by atoms with E-state index in [0.29, 0.717) is 18.0 Å². The van der Waals surface area contributed by atoms with Gasteiger partial charge >= 0.3 is 5.97 Å². The van der Waals surface area contributed by atoms with Crippen LogP contribution in [0, 0.1) is 0 Å². The van der Waals surface area contributed by atoms with E-state index in [4.69, 9.17) is 9.47 Å². The molecule has 0 amide bonds. The van der Waals surface area contributed by atoms with E-state index in [1.54, 1.807) is 6.07 Å². The van der Waals surface area contributed by atoms with Crippen molar-refractivity contribution in [3.8, 4) is 11.5 Å². The molecule has 25 heavy (non-hydrogen) atoms. The van der Waals surface area contributed by atoms with Gasteiger partial charge in [0, 0.05) is 28.9 Å². The smallest absolute Gasteiger partial charge is 0.344 e. The van der Waals surface area contributed by atoms with Crippen LogP contribution in [0.3, 0.4) is 0 Å². The zero-order chi connectivity index (χ0) is 17.0. The maximum absolute atomic E-state index is 12.0. The summed E-state index contributed by atoms with van der Waals surface area (Å²) in [5.41, 5.74) is 2.94. The van der Waals surface area contributed by atoms with Gasteiger partial charge in [-0.2, -0.15) is 0 Å². The molecule has 3 aromatic carbocycles. The van der Waals surface area contributed by atoms with Crippen LogP contribution in [-0.2, 0) is 6.54 Å². The summed E-state index contributed by atoms with van der Waals surface area (Å²) >= 11 is 0. The van der Waals surface area contributed by atoms with E-state index < -0.39 is 0 Å². The van der Waals surface area contributed by atoms with Gasteiger partial charge in [0.05, 0.1) is 5.56 Å². The number of fused-ring (bicyclic) bond motifs is 2. The zero-order valence-electron chi connectivity index (χ0n) is 13.9. The fourth-order valence-corrected chi connectivity index (χ4v) is 3.77. The van der Waals surface area contributed by atoms with E-state index in [0.717, 1.165) is 28.6 Å². The van der Waals surface area contributed by atoms with E-state index in [2.05, 4.69) is 36.1 Å². The van der Waals surface area contributed by atoms with Crippen LogP contribution in [0.25, 0.3) is 10.8 Å². The molecule has 0 bridgehead atoms. The van der Waals surface area contributed by atoms with Gasteiger partial charge in [-0.25, -0.2) is 4.79 Å². The maximum Gasteiger partial charge on any atom is 0.344 e. The molecule has 4 nitrogen and oxygen atoms in total. The molecule has 0 fully saturated rings. The Morgan fingerprint density at radius 1 is 1.08 bits per heavy atom. The average molecular weight is 331 g/mol. The van der Waals surface area contributed by atoms with E-state index in [1.807, 2.05) is 24.3 Å². The molecule has 0 spiro atoms. The monoisotopic (exact) mass is 331 g/mol. The van der Waals surface area contributed by atoms with Crippen molar-refractivity contribution < 1.29 is 14.3 Å². The second-order valence-corrected chi connectivity index (χ2v) is 6.59. The number of hydrogen-bond acceptors (Lipinski definition) is 4. The van der Waals surface area contributed by atoms with Crippen molar-refractivity contribution >= 4 is 16.7 Å². The van der Waals surface area contributed by atoms with E-state index in [1.165, 1.54) is 5.56 Å². The molecule has 1 atom stereocenters. The minimum atomic E-state index is -0.280. The van der Waals surface area contributed by atoms with Crippen LogP contribution in [0.5, 0.6) is 11.5 Å². The van der Waals surface area contributed by atoms with Crippen molar-refractivity contribution in [1.29, 1.82) is 0 Å². The van der Waals surface area contributed by atoms with Gasteiger partial charge in [-0.15, -0.1) is 0 Å². The molecule has 2 aliphatic heterocycles. The van der Waals surface area contributed by atoms with Crippen molar-refractivity contribution in [2.75, 3.05) is 6.73 Å². The van der Waals surface area contributed by atoms with Crippen LogP contribution in [-0.4, -0.2) is 17.6 Å². The third kappa shape index (κ3) is 2.14. The van der Waals surface area contributed by atoms with Crippen LogP contribution in [0.1, 0.15) is 34.5 Å². The van der Waals surface area contributed by atoms with Gasteiger partial charge in [0.25, 0.3) is 0 Å². The first-order valence-electron chi connectivity index (χ1n) is 8.45. The molecule has 0 aromatic heterocycles. The van der Waals surface area contributed by atoms with Crippen LogP contribution < -0.4 is 9.47 Å². The Bertz CT molecular complexity index is 997. The van der Waals surface area contributed by atoms with Crippen molar-refractivity contribution in [1.82, 2.24) is 4.90 Å². The molecule has 4 heteroatoms. The normalized spacial score (nSPS) is 17.1. The molecular formula is C21H17NO3. The van der Waals surface area contributed by atoms with Gasteiger partial charge in [-0.3, -0.25) is 4.90 Å². The van der Waals surface area contributed by atoms with Crippen LogP contribution in [0.2, 0.25) is 0 Å². The molecule has 0 saturated carbocycles. The molecule has 5 rings (SSSR count). The quantitative estimate of drug-likeness (QED) is 0.519. The largest absolute Gasteiger partial charge is 0.477 e. The Morgan fingerprint density at radius 2 is 1.92 bits per heavy atom. The standard InChI is InChI=1S/C21H17NO3/c1-13(14-6-3-2-4-7-14)22-11-15-10-18-19-16(20(15)24-12-22)8-5-9-17(19)21(23)25-18/h2-10,13H,11-12H2,1H3. The molecule has 0 saturated heterocycles. The van der Waals surface area contributed by atoms with Crippen LogP contribution >= 0.6 is 0 Å². The van der Waals surface area contributed by atoms with Gasteiger partial charge in [-0.1, -0.05) is 42.5 Å². The highest BCUT2D eigenvalue weighted by atomic mass is 16.5. The first kappa shape index (κ1) is 14.5. The highest BCUT2D eigenvalue weighted by Gasteiger charge is 2.30. The fraction of sp³-hybridized carbons (Fsp3) is 0.190. The summed E-state index contributed by atoms with van der Waals surface area (Å²) in [6.45, 7) is 3.47. The Labute approximate surface area is 145 Å². The number of esters is 1. The van der Waals surface area contributed by atoms with Gasteiger partial charge in [0.2, 0.25) is 0 Å². The average Bonchev–Trinajstić information content (AvgIpc) is 2.98. The first-order valence-corrected chi connectivity index (χ1v) is 8.45. The fourth-order valence-electron chi connectivity index (χ4n) is 3.77. The van der Waals surface area contributed by atoms with Crippen molar-refractivity contribution in [3.05, 3.63) is 71.3 Å². The Kier molecular flexibility index (Phi) is 3.09. The SMILES string of the molecule is CC(c1ccccc1)N1COc2c(cc3c4c(cccc24)C(=O)O3)C1. The lowest BCUT2D eigenvalue weighted by molar-refractivity contribution is 0.0628. The van der Waals surface area contributed by atoms with E-state index in [9.17, 15) is 4.79 Å². The number of carbonyl (C=O) groups is 1. The molecule has 0 radical (unpaired) electrons. The Morgan fingerprint density at radius 3 is 2.76 bits per heavy atom. The number of hydrogen-bond donors (Lipinski definition) is 0. The van der Waals surface area contributed by atoms with Gasteiger partial charge < -0.3 is 9.47 Å². The third-order valence-electron chi connectivity index (χ3n) is 5.15. The second kappa shape index (κ2) is 5.33. The molecule has 124 valence electrons. The van der Waals surface area contributed by atoms with E-state index in [-0.39, 0.29) is 12.0 Å². The van der Waals surface area contributed by atoms with Gasteiger partial charge in [0.15, 0.2) is 0 Å². The highest BCUT2D eigenvalue weighted by molar-refractivity contribution is 6.14. The Hall–Kier alpha value is -2.85. The predicted octanol–water partition coefficient (Wildman–Crippen LogP) is 4.29. The lowest BCUT2D eigenvalue weighted by atomic mass is 9.99. The summed E-state index contributed by atoms with van der Waals surface area (Å²) in [6, 6.07) is 18.3. The van der Waals surface area contributed by atoms with Crippen molar-refractivity contribution in [2.45, 2.75) is 19.5 Å². The Balaban J connectivity index is 1.56. The minimum Gasteiger partial charge on any atom is -0.477 e. The third-order valence-corrected chi connectivity index (χ3v) is 5.15. The van der Waals surface area contributed by atoms with Gasteiger partial charge in [0.1, 0.15) is 18.2 Å². The molecule has 0 aliphatic carbocycles. The lowest BCUT2D eigenvalue weighted by Gasteiger charge is -2.34. The summed E-state index contributed by atoms with van der Waals surface area (Å²) in [5, 5.41) is 1.83. The number of carbonyl (C=O) groups excluding carboxylic acids is 1. The van der Waals surface area contributed by atoms with E-state index >= 15 is 0 Å². The highest BCUT2D eigenvalue weighted by Crippen LogP contribution is 2.44. The number of rotatable bonds is 2. The molecule has 0 N–H and O–H groups in total. The maximum atomic E-state index is 12.0. The molecule has 2 aliphatic rings. The number of ether oxygens (including phenoxy) is 2. The van der Waals surface area contributed by atoms with Crippen molar-refractivity contribution in [3.63, 3.8) is 0 Å². The predicted molar refractivity (Wildman–Crippen MR) is 94.8 cm³/mol. The molecule has 2 heterocycles. The molecule has 1 unspecified atom stereocenters. The molecule has 3 aromatic rings. The summed E-state index contributed by atoms with van der Waals surface area (Å²) in [6.07, 6.45) is 0. The van der Waals surface area contributed by atoms with Crippen molar-refractivity contribution in [2.24, 2.45) is 0 Å². The number of nitrogens with zero attached hydrogens (tertiary/aromatic N) is 1. The summed E-state index contributed by atoms with van der Waals surface area (Å²) in [7, 11) is 0. The minimum absolute atomic E-state index is 0.243. The second-order valence-electron chi connectivity index (χ2n) is 6.59. The summed E-state index contributed by atoms with van der Waals surface area (Å²) in [5.74, 6) is 1.24. The summed E-state index contributed by atoms with van der Waals surface area (Å²) < 4.78 is 11.6. The topological polar surface area (TPSA) is 38.8 Å².